The summed E-state index contributed by atoms with van der Waals surface area (Å²) in [6.07, 6.45) is 4.59. The number of halogens is 2. The average Bonchev–Trinajstić information content (AvgIpc) is 3.20. The Bertz CT molecular complexity index is 1500. The number of fused-ring (bicyclic) bond motifs is 2. The van der Waals surface area contributed by atoms with Crippen LogP contribution in [0.2, 0.25) is 0 Å². The molecule has 0 bridgehead atoms. The molecule has 5 rings (SSSR count). The number of carbonyl (C=O) groups is 1. The zero-order valence-electron chi connectivity index (χ0n) is 23.3. The van der Waals surface area contributed by atoms with Gasteiger partial charge in [-0.2, -0.15) is 5.26 Å². The summed E-state index contributed by atoms with van der Waals surface area (Å²) in [5.74, 6) is -2.24. The fourth-order valence-electron chi connectivity index (χ4n) is 5.81. The quantitative estimate of drug-likeness (QED) is 0.427. The number of amides is 1. The summed E-state index contributed by atoms with van der Waals surface area (Å²) >= 11 is 0. The largest absolute Gasteiger partial charge is 0.492 e. The van der Waals surface area contributed by atoms with Crippen LogP contribution in [0.4, 0.5) is 14.7 Å². The lowest BCUT2D eigenvalue weighted by atomic mass is 9.80. The Morgan fingerprint density at radius 3 is 2.65 bits per heavy atom. The lowest BCUT2D eigenvalue weighted by Crippen LogP contribution is -2.47. The third kappa shape index (κ3) is 4.56. The van der Waals surface area contributed by atoms with E-state index in [9.17, 15) is 10.1 Å². The molecule has 1 aliphatic heterocycles. The second-order valence-corrected chi connectivity index (χ2v) is 10.8. The summed E-state index contributed by atoms with van der Waals surface area (Å²) in [7, 11) is 5.55. The fourth-order valence-corrected chi connectivity index (χ4v) is 5.81. The Morgan fingerprint density at radius 2 is 2.02 bits per heavy atom. The van der Waals surface area contributed by atoms with Crippen molar-refractivity contribution < 1.29 is 18.3 Å². The van der Waals surface area contributed by atoms with E-state index in [0.29, 0.717) is 48.2 Å². The molecule has 1 unspecified atom stereocenters. The van der Waals surface area contributed by atoms with Gasteiger partial charge in [-0.25, -0.2) is 13.8 Å². The van der Waals surface area contributed by atoms with E-state index < -0.39 is 17.4 Å². The van der Waals surface area contributed by atoms with Gasteiger partial charge in [0.1, 0.15) is 17.4 Å². The first-order valence-corrected chi connectivity index (χ1v) is 13.3. The third-order valence-corrected chi connectivity index (χ3v) is 7.77. The molecule has 1 fully saturated rings. The molecule has 2 aromatic heterocycles. The van der Waals surface area contributed by atoms with Crippen molar-refractivity contribution in [1.29, 1.82) is 5.26 Å². The van der Waals surface area contributed by atoms with Crippen LogP contribution in [0, 0.1) is 11.3 Å². The summed E-state index contributed by atoms with van der Waals surface area (Å²) in [5.41, 5.74) is 1.59. The van der Waals surface area contributed by atoms with Gasteiger partial charge in [-0.15, -0.1) is 0 Å². The van der Waals surface area contributed by atoms with E-state index in [0.717, 1.165) is 11.1 Å². The molecule has 1 aromatic carbocycles. The van der Waals surface area contributed by atoms with Crippen molar-refractivity contribution in [3.63, 3.8) is 0 Å². The normalized spacial score (nSPS) is 19.9. The third-order valence-electron chi connectivity index (χ3n) is 7.77. The maximum absolute atomic E-state index is 15.4. The number of nitriles is 1. The highest BCUT2D eigenvalue weighted by Crippen LogP contribution is 2.65. The number of imidazole rings is 1. The monoisotopic (exact) mass is 549 g/mol. The van der Waals surface area contributed by atoms with Crippen molar-refractivity contribution in [3.05, 3.63) is 70.3 Å². The van der Waals surface area contributed by atoms with Crippen LogP contribution in [-0.4, -0.2) is 70.5 Å². The lowest BCUT2D eigenvalue weighted by Gasteiger charge is -2.40. The molecule has 1 aliphatic carbocycles. The first kappa shape index (κ1) is 27.5. The Labute approximate surface area is 232 Å². The minimum Gasteiger partial charge on any atom is -0.492 e. The van der Waals surface area contributed by atoms with E-state index >= 15 is 8.78 Å². The van der Waals surface area contributed by atoms with Crippen LogP contribution in [0.1, 0.15) is 64.6 Å². The average molecular weight is 550 g/mol. The van der Waals surface area contributed by atoms with Crippen LogP contribution >= 0.6 is 0 Å². The van der Waals surface area contributed by atoms with Gasteiger partial charge in [-0.1, -0.05) is 6.07 Å². The number of nitrogens with zero attached hydrogens (tertiary/aromatic N) is 6. The summed E-state index contributed by atoms with van der Waals surface area (Å²) < 4.78 is 38.2. The molecule has 1 spiro atoms. The molecule has 11 heteroatoms. The molecule has 3 heterocycles. The van der Waals surface area contributed by atoms with Gasteiger partial charge in [0.05, 0.1) is 30.3 Å². The summed E-state index contributed by atoms with van der Waals surface area (Å²) in [4.78, 5) is 26.2. The Hall–Kier alpha value is -4.04. The number of rotatable bonds is 9. The summed E-state index contributed by atoms with van der Waals surface area (Å²) in [5, 5.41) is 12.5. The van der Waals surface area contributed by atoms with E-state index in [1.54, 1.807) is 39.2 Å². The first-order chi connectivity index (χ1) is 19.0. The van der Waals surface area contributed by atoms with Gasteiger partial charge in [0.15, 0.2) is 0 Å². The molecule has 1 saturated carbocycles. The van der Waals surface area contributed by atoms with Gasteiger partial charge >= 0.3 is 0 Å². The van der Waals surface area contributed by atoms with Gasteiger partial charge in [0.25, 0.3) is 11.8 Å². The van der Waals surface area contributed by atoms with Gasteiger partial charge in [-0.3, -0.25) is 9.78 Å². The van der Waals surface area contributed by atoms with Crippen molar-refractivity contribution in [3.8, 4) is 11.8 Å². The standard InChI is InChI=1S/C29H33F2N7O2/c1-6-40-24-11-23(35-13-21(24)12-32)18(2)38-17-28(16-29(28,30)31)25-20(15-36(4)5)9-19(10-22(25)26(38)39)14-37-8-7-34-27(37)33-3/h7-11,13,18H,6,14-17H2,1-5H3,(H,33,34)/t18-,28?/m0/s1. The lowest BCUT2D eigenvalue weighted by molar-refractivity contribution is 0.0450. The smallest absolute Gasteiger partial charge is 0.260 e. The van der Waals surface area contributed by atoms with Crippen molar-refractivity contribution in [2.75, 3.05) is 39.6 Å². The zero-order valence-corrected chi connectivity index (χ0v) is 23.3. The maximum atomic E-state index is 15.4. The highest BCUT2D eigenvalue weighted by atomic mass is 19.3. The highest BCUT2D eigenvalue weighted by Gasteiger charge is 2.75. The van der Waals surface area contributed by atoms with E-state index in [1.807, 2.05) is 35.8 Å². The van der Waals surface area contributed by atoms with Crippen LogP contribution in [0.5, 0.6) is 5.75 Å². The summed E-state index contributed by atoms with van der Waals surface area (Å²) in [6.45, 7) is 4.66. The number of carbonyl (C=O) groups excluding carboxylic acids is 1. The Morgan fingerprint density at radius 1 is 1.27 bits per heavy atom. The van der Waals surface area contributed by atoms with Gasteiger partial charge in [0, 0.05) is 56.8 Å². The molecule has 2 aliphatic rings. The number of anilines is 1. The van der Waals surface area contributed by atoms with E-state index in [2.05, 4.69) is 21.4 Å². The minimum atomic E-state index is -2.94. The van der Waals surface area contributed by atoms with Crippen molar-refractivity contribution >= 4 is 11.9 Å². The minimum absolute atomic E-state index is 0.121. The molecule has 0 saturated heterocycles. The van der Waals surface area contributed by atoms with Crippen LogP contribution in [0.15, 0.2) is 36.8 Å². The predicted molar refractivity (Wildman–Crippen MR) is 146 cm³/mol. The first-order valence-electron chi connectivity index (χ1n) is 13.3. The predicted octanol–water partition coefficient (Wildman–Crippen LogP) is 4.19. The molecular formula is C29H33F2N7O2. The molecule has 3 aromatic rings. The van der Waals surface area contributed by atoms with E-state index in [4.69, 9.17) is 4.74 Å². The number of aromatic nitrogens is 3. The summed E-state index contributed by atoms with van der Waals surface area (Å²) in [6, 6.07) is 6.75. The number of benzene rings is 1. The number of pyridine rings is 1. The number of alkyl halides is 2. The van der Waals surface area contributed by atoms with Crippen LogP contribution in [0.25, 0.3) is 0 Å². The molecule has 1 amide bonds. The number of hydrogen-bond acceptors (Lipinski definition) is 7. The SMILES string of the molecule is CCOc1cc([C@H](C)N2CC3(CC3(F)F)c3c(CN(C)C)cc(Cn4ccnc4NC)cc3C2=O)ncc1C#N. The molecule has 2 atom stereocenters. The van der Waals surface area contributed by atoms with E-state index in [1.165, 1.54) is 11.1 Å². The van der Waals surface area contributed by atoms with Crippen molar-refractivity contribution in [1.82, 2.24) is 24.3 Å². The second kappa shape index (κ2) is 10.2. The van der Waals surface area contributed by atoms with Crippen LogP contribution in [0.3, 0.4) is 0 Å². The van der Waals surface area contributed by atoms with Crippen molar-refractivity contribution in [2.24, 2.45) is 0 Å². The van der Waals surface area contributed by atoms with Gasteiger partial charge in [-0.05, 0) is 50.7 Å². The van der Waals surface area contributed by atoms with Gasteiger partial charge in [0.2, 0.25) is 5.95 Å². The zero-order chi connectivity index (χ0) is 28.8. The number of hydrogen-bond donors (Lipinski definition) is 1. The second-order valence-electron chi connectivity index (χ2n) is 10.8. The Balaban J connectivity index is 1.61. The molecule has 1 N–H and O–H groups in total. The Kier molecular flexibility index (Phi) is 7.00. The van der Waals surface area contributed by atoms with Crippen LogP contribution in [-0.2, 0) is 18.5 Å². The van der Waals surface area contributed by atoms with Crippen LogP contribution < -0.4 is 10.1 Å². The van der Waals surface area contributed by atoms with E-state index in [-0.39, 0.29) is 24.4 Å². The van der Waals surface area contributed by atoms with Gasteiger partial charge < -0.3 is 24.4 Å². The maximum Gasteiger partial charge on any atom is 0.260 e. The fraction of sp³-hybridized carbons (Fsp3) is 0.448. The van der Waals surface area contributed by atoms with Crippen molar-refractivity contribution in [2.45, 2.75) is 50.7 Å². The molecule has 0 radical (unpaired) electrons. The topological polar surface area (TPSA) is 99.3 Å². The molecular weight excluding hydrogens is 516 g/mol. The molecule has 40 heavy (non-hydrogen) atoms. The molecule has 9 nitrogen and oxygen atoms in total. The highest BCUT2D eigenvalue weighted by molar-refractivity contribution is 5.99. The molecule has 210 valence electrons. The number of nitrogens with one attached hydrogen (secondary N) is 1. The number of ether oxygens (including phenoxy) is 1.